The molecule has 0 unspecified atom stereocenters. The van der Waals surface area contributed by atoms with Crippen LogP contribution in [0.3, 0.4) is 0 Å². The summed E-state index contributed by atoms with van der Waals surface area (Å²) in [5.41, 5.74) is 9.22. The lowest BCUT2D eigenvalue weighted by molar-refractivity contribution is -0.123. The normalized spacial score (nSPS) is 13.7. The standard InChI is InChI=1S/C31H32ClN7O3S/c1-18-19(2)43-31-28(18)29(21-8-10-22(32)11-9-21)36-25(30-38-37-20(3)39(30)31)16-27(41)34-15-5-7-26(40)35-17-24-13-12-23(42-24)6-4-14-33/h8-13,25H,5,7,14-17,33H2,1-3H3,(H,34,41)(H,35,40)/t25-/m0/s1. The van der Waals surface area contributed by atoms with Crippen molar-refractivity contribution in [3.8, 4) is 16.8 Å². The van der Waals surface area contributed by atoms with E-state index in [0.717, 1.165) is 33.2 Å². The van der Waals surface area contributed by atoms with Crippen LogP contribution in [0.2, 0.25) is 5.02 Å². The Kier molecular flexibility index (Phi) is 9.40. The van der Waals surface area contributed by atoms with Gasteiger partial charge in [0.15, 0.2) is 11.6 Å². The van der Waals surface area contributed by atoms with Crippen LogP contribution in [0.4, 0.5) is 0 Å². The van der Waals surface area contributed by atoms with E-state index < -0.39 is 6.04 Å². The van der Waals surface area contributed by atoms with E-state index in [4.69, 9.17) is 26.7 Å². The number of benzene rings is 1. The number of carbonyl (C=O) groups excluding carboxylic acids is 2. The van der Waals surface area contributed by atoms with E-state index in [-0.39, 0.29) is 37.7 Å². The maximum Gasteiger partial charge on any atom is 0.222 e. The number of halogens is 1. The summed E-state index contributed by atoms with van der Waals surface area (Å²) >= 11 is 7.85. The first-order chi connectivity index (χ1) is 20.7. The zero-order valence-corrected chi connectivity index (χ0v) is 25.7. The minimum absolute atomic E-state index is 0.0856. The Labute approximate surface area is 258 Å². The molecule has 5 rings (SSSR count). The van der Waals surface area contributed by atoms with Crippen molar-refractivity contribution in [2.75, 3.05) is 13.1 Å². The molecule has 1 aliphatic heterocycles. The first-order valence-electron chi connectivity index (χ1n) is 13.9. The smallest absolute Gasteiger partial charge is 0.222 e. The van der Waals surface area contributed by atoms with Gasteiger partial charge in [-0.05, 0) is 62.9 Å². The van der Waals surface area contributed by atoms with Gasteiger partial charge in [0, 0.05) is 34.0 Å². The summed E-state index contributed by atoms with van der Waals surface area (Å²) < 4.78 is 7.56. The van der Waals surface area contributed by atoms with Crippen LogP contribution in [0.15, 0.2) is 45.8 Å². The average Bonchev–Trinajstić information content (AvgIpc) is 3.66. The van der Waals surface area contributed by atoms with Crippen LogP contribution in [0.5, 0.6) is 0 Å². The molecule has 10 nitrogen and oxygen atoms in total. The molecule has 1 atom stereocenters. The van der Waals surface area contributed by atoms with Crippen molar-refractivity contribution >= 4 is 40.5 Å². The Bertz CT molecular complexity index is 1740. The number of fused-ring (bicyclic) bond motifs is 3. The fourth-order valence-electron chi connectivity index (χ4n) is 4.81. The number of aliphatic imine (C=N–C) groups is 1. The molecule has 222 valence electrons. The van der Waals surface area contributed by atoms with Gasteiger partial charge in [0.1, 0.15) is 22.6 Å². The van der Waals surface area contributed by atoms with Gasteiger partial charge in [-0.1, -0.05) is 29.7 Å². The van der Waals surface area contributed by atoms with Gasteiger partial charge in [-0.2, -0.15) is 0 Å². The Morgan fingerprint density at radius 2 is 1.88 bits per heavy atom. The van der Waals surface area contributed by atoms with E-state index in [1.807, 2.05) is 35.8 Å². The van der Waals surface area contributed by atoms with E-state index in [1.165, 1.54) is 4.88 Å². The fourth-order valence-corrected chi connectivity index (χ4v) is 6.15. The highest BCUT2D eigenvalue weighted by Gasteiger charge is 2.32. The Hall–Kier alpha value is -4.24. The van der Waals surface area contributed by atoms with Crippen molar-refractivity contribution in [2.24, 2.45) is 10.7 Å². The molecule has 3 aromatic heterocycles. The van der Waals surface area contributed by atoms with Crippen molar-refractivity contribution < 1.29 is 14.0 Å². The van der Waals surface area contributed by atoms with E-state index in [0.29, 0.717) is 35.3 Å². The highest BCUT2D eigenvalue weighted by atomic mass is 35.5. The first kappa shape index (κ1) is 30.2. The SMILES string of the molecule is Cc1sc2c(c1C)C(c1ccc(Cl)cc1)=N[C@@H](CC(=O)NCCCC(=O)NCc1ccc(C#CCN)o1)c1nnc(C)n1-2. The molecule has 43 heavy (non-hydrogen) atoms. The molecule has 0 saturated heterocycles. The van der Waals surface area contributed by atoms with Crippen LogP contribution in [0.25, 0.3) is 5.00 Å². The number of carbonyl (C=O) groups is 2. The predicted octanol–water partition coefficient (Wildman–Crippen LogP) is 4.31. The van der Waals surface area contributed by atoms with Crippen LogP contribution >= 0.6 is 22.9 Å². The van der Waals surface area contributed by atoms with Gasteiger partial charge in [0.05, 0.1) is 25.2 Å². The summed E-state index contributed by atoms with van der Waals surface area (Å²) in [6.45, 7) is 6.94. The third-order valence-electron chi connectivity index (χ3n) is 7.07. The van der Waals surface area contributed by atoms with Gasteiger partial charge < -0.3 is 20.8 Å². The maximum absolute atomic E-state index is 13.1. The fraction of sp³-hybridized carbons (Fsp3) is 0.323. The molecule has 12 heteroatoms. The monoisotopic (exact) mass is 617 g/mol. The number of furan rings is 1. The minimum Gasteiger partial charge on any atom is -0.451 e. The van der Waals surface area contributed by atoms with Crippen molar-refractivity contribution in [1.29, 1.82) is 0 Å². The molecule has 0 saturated carbocycles. The highest BCUT2D eigenvalue weighted by Crippen LogP contribution is 2.39. The van der Waals surface area contributed by atoms with E-state index in [2.05, 4.69) is 46.5 Å². The van der Waals surface area contributed by atoms with Gasteiger partial charge in [-0.3, -0.25) is 19.1 Å². The molecule has 0 aliphatic carbocycles. The average molecular weight is 618 g/mol. The molecule has 4 heterocycles. The second kappa shape index (κ2) is 13.4. The lowest BCUT2D eigenvalue weighted by Crippen LogP contribution is -2.28. The van der Waals surface area contributed by atoms with Gasteiger partial charge >= 0.3 is 0 Å². The second-order valence-corrected chi connectivity index (χ2v) is 11.8. The molecular formula is C31H32ClN7O3S. The first-order valence-corrected chi connectivity index (χ1v) is 15.1. The van der Waals surface area contributed by atoms with Crippen molar-refractivity contribution in [3.05, 3.63) is 86.2 Å². The van der Waals surface area contributed by atoms with E-state index in [9.17, 15) is 9.59 Å². The largest absolute Gasteiger partial charge is 0.451 e. The molecular weight excluding hydrogens is 586 g/mol. The number of nitrogens with two attached hydrogens (primary N) is 1. The molecule has 0 bridgehead atoms. The third-order valence-corrected chi connectivity index (χ3v) is 8.52. The molecule has 0 spiro atoms. The summed E-state index contributed by atoms with van der Waals surface area (Å²) in [6, 6.07) is 10.5. The topological polar surface area (TPSA) is 140 Å². The van der Waals surface area contributed by atoms with Gasteiger partial charge in [-0.25, -0.2) is 0 Å². The molecule has 0 fully saturated rings. The Balaban J connectivity index is 1.23. The van der Waals surface area contributed by atoms with E-state index >= 15 is 0 Å². The number of nitrogens with one attached hydrogen (secondary N) is 2. The van der Waals surface area contributed by atoms with Crippen molar-refractivity contribution in [3.63, 3.8) is 0 Å². The highest BCUT2D eigenvalue weighted by molar-refractivity contribution is 7.15. The van der Waals surface area contributed by atoms with Crippen molar-refractivity contribution in [2.45, 2.75) is 52.6 Å². The number of thiophene rings is 1. The zero-order chi connectivity index (χ0) is 30.5. The molecule has 1 aliphatic rings. The molecule has 4 N–H and O–H groups in total. The summed E-state index contributed by atoms with van der Waals surface area (Å²) in [5.74, 6) is 7.67. The maximum atomic E-state index is 13.1. The lowest BCUT2D eigenvalue weighted by Gasteiger charge is -2.13. The molecule has 1 aromatic carbocycles. The molecule has 0 radical (unpaired) electrons. The summed E-state index contributed by atoms with van der Waals surface area (Å²) in [4.78, 5) is 31.7. The number of hydrogen-bond acceptors (Lipinski definition) is 8. The zero-order valence-electron chi connectivity index (χ0n) is 24.2. The number of nitrogens with zero attached hydrogens (tertiary/aromatic N) is 4. The number of amides is 2. The minimum atomic E-state index is -0.554. The second-order valence-electron chi connectivity index (χ2n) is 10.1. The summed E-state index contributed by atoms with van der Waals surface area (Å²) in [7, 11) is 0. The van der Waals surface area contributed by atoms with Crippen LogP contribution < -0.4 is 16.4 Å². The van der Waals surface area contributed by atoms with Crippen LogP contribution in [0.1, 0.15) is 70.0 Å². The van der Waals surface area contributed by atoms with Gasteiger partial charge in [-0.15, -0.1) is 21.5 Å². The number of rotatable bonds is 9. The Morgan fingerprint density at radius 3 is 2.65 bits per heavy atom. The van der Waals surface area contributed by atoms with Crippen LogP contribution in [-0.4, -0.2) is 45.4 Å². The predicted molar refractivity (Wildman–Crippen MR) is 167 cm³/mol. The number of aryl methyl sites for hydroxylation is 2. The van der Waals surface area contributed by atoms with Gasteiger partial charge in [0.25, 0.3) is 0 Å². The molecule has 2 amide bonds. The number of hydrogen-bond donors (Lipinski definition) is 3. The van der Waals surface area contributed by atoms with Crippen LogP contribution in [0, 0.1) is 32.6 Å². The van der Waals surface area contributed by atoms with Crippen molar-refractivity contribution in [1.82, 2.24) is 25.4 Å². The van der Waals surface area contributed by atoms with Crippen LogP contribution in [-0.2, 0) is 16.1 Å². The number of aromatic nitrogens is 3. The van der Waals surface area contributed by atoms with E-state index in [1.54, 1.807) is 23.5 Å². The Morgan fingerprint density at radius 1 is 1.09 bits per heavy atom. The lowest BCUT2D eigenvalue weighted by atomic mass is 9.99. The molecule has 4 aromatic rings. The third kappa shape index (κ3) is 6.88. The quantitative estimate of drug-likeness (QED) is 0.189. The van der Waals surface area contributed by atoms with Gasteiger partial charge in [0.2, 0.25) is 11.8 Å². The summed E-state index contributed by atoms with van der Waals surface area (Å²) in [6.07, 6.45) is 0.829. The summed E-state index contributed by atoms with van der Waals surface area (Å²) in [5, 5.41) is 16.2.